The lowest BCUT2D eigenvalue weighted by atomic mass is 9.95. The van der Waals surface area contributed by atoms with E-state index in [0.29, 0.717) is 17.7 Å². The van der Waals surface area contributed by atoms with Crippen molar-refractivity contribution in [3.05, 3.63) is 95.2 Å². The molecule has 2 aromatic rings. The molecule has 0 fully saturated rings. The van der Waals surface area contributed by atoms with Gasteiger partial charge in [-0.25, -0.2) is 4.79 Å². The minimum Gasteiger partial charge on any atom is -0.357 e. The van der Waals surface area contributed by atoms with E-state index in [1.165, 1.54) is 4.90 Å². The van der Waals surface area contributed by atoms with Crippen molar-refractivity contribution in [1.82, 2.24) is 20.4 Å². The van der Waals surface area contributed by atoms with Crippen LogP contribution in [-0.4, -0.2) is 53.8 Å². The summed E-state index contributed by atoms with van der Waals surface area (Å²) >= 11 is 0. The van der Waals surface area contributed by atoms with Crippen LogP contribution in [0.3, 0.4) is 0 Å². The molecule has 2 atom stereocenters. The highest BCUT2D eigenvalue weighted by molar-refractivity contribution is 6.03. The summed E-state index contributed by atoms with van der Waals surface area (Å²) in [6.07, 6.45) is 2.01. The van der Waals surface area contributed by atoms with E-state index < -0.39 is 12.1 Å². The van der Waals surface area contributed by atoms with Crippen molar-refractivity contribution in [3.8, 4) is 0 Å². The highest BCUT2D eigenvalue weighted by Gasteiger charge is 2.46. The van der Waals surface area contributed by atoms with E-state index in [-0.39, 0.29) is 30.9 Å². The molecule has 2 aromatic carbocycles. The predicted octanol–water partition coefficient (Wildman–Crippen LogP) is 2.70. The van der Waals surface area contributed by atoms with Gasteiger partial charge >= 0.3 is 6.03 Å². The first kappa shape index (κ1) is 22.3. The van der Waals surface area contributed by atoms with Gasteiger partial charge in [-0.15, -0.1) is 6.58 Å². The Labute approximate surface area is 193 Å². The van der Waals surface area contributed by atoms with Crippen LogP contribution < -0.4 is 10.6 Å². The average molecular weight is 445 g/mol. The van der Waals surface area contributed by atoms with Crippen LogP contribution >= 0.6 is 0 Å². The monoisotopic (exact) mass is 444 g/mol. The molecule has 2 aliphatic heterocycles. The molecule has 4 rings (SSSR count). The number of hydrogen-bond donors (Lipinski definition) is 2. The van der Waals surface area contributed by atoms with E-state index in [2.05, 4.69) is 17.2 Å². The highest BCUT2D eigenvalue weighted by Crippen LogP contribution is 2.37. The molecule has 0 saturated heterocycles. The maximum Gasteiger partial charge on any atom is 0.322 e. The maximum atomic E-state index is 13.8. The highest BCUT2D eigenvalue weighted by atomic mass is 16.2. The molecule has 33 heavy (non-hydrogen) atoms. The zero-order chi connectivity index (χ0) is 23.5. The molecule has 2 aliphatic rings. The lowest BCUT2D eigenvalue weighted by Crippen LogP contribution is -2.49. The Morgan fingerprint density at radius 1 is 1.18 bits per heavy atom. The van der Waals surface area contributed by atoms with Gasteiger partial charge in [0.15, 0.2) is 0 Å². The zero-order valence-electron chi connectivity index (χ0n) is 18.9. The van der Waals surface area contributed by atoms with Gasteiger partial charge < -0.3 is 15.5 Å². The van der Waals surface area contributed by atoms with Crippen molar-refractivity contribution in [2.45, 2.75) is 25.4 Å². The first-order chi connectivity index (χ1) is 15.9. The molecule has 7 heteroatoms. The molecule has 0 radical (unpaired) electrons. The second-order valence-corrected chi connectivity index (χ2v) is 8.31. The van der Waals surface area contributed by atoms with Gasteiger partial charge in [0.05, 0.1) is 23.9 Å². The molecule has 0 spiro atoms. The van der Waals surface area contributed by atoms with Crippen molar-refractivity contribution < 1.29 is 14.4 Å². The van der Waals surface area contributed by atoms with Gasteiger partial charge in [0.25, 0.3) is 5.91 Å². The van der Waals surface area contributed by atoms with Crippen LogP contribution in [-0.2, 0) is 16.0 Å². The van der Waals surface area contributed by atoms with Crippen LogP contribution in [0.25, 0.3) is 0 Å². The number of urea groups is 1. The summed E-state index contributed by atoms with van der Waals surface area (Å²) < 4.78 is 0. The summed E-state index contributed by atoms with van der Waals surface area (Å²) in [5, 5.41) is 5.67. The number of likely N-dealkylation sites (N-methyl/N-ethyl adjacent to an activating group) is 1. The minimum atomic E-state index is -0.699. The average Bonchev–Trinajstić information content (AvgIpc) is 3.16. The first-order valence-corrected chi connectivity index (χ1v) is 11.0. The van der Waals surface area contributed by atoms with Crippen molar-refractivity contribution in [2.24, 2.45) is 0 Å². The van der Waals surface area contributed by atoms with Crippen molar-refractivity contribution in [3.63, 3.8) is 0 Å². The number of aryl methyl sites for hydroxylation is 1. The SMILES string of the molecule is C=CCN1C(=O)N[C@@H](c2ccc(C)cc2)C2=C1CN([C@@H](Cc1ccccc1)C(=O)NC)C2=O. The molecule has 0 bridgehead atoms. The van der Waals surface area contributed by atoms with Crippen molar-refractivity contribution >= 4 is 17.8 Å². The van der Waals surface area contributed by atoms with E-state index in [9.17, 15) is 14.4 Å². The third kappa shape index (κ3) is 4.26. The summed E-state index contributed by atoms with van der Waals surface area (Å²) in [6, 6.07) is 15.8. The van der Waals surface area contributed by atoms with Gasteiger partial charge in [-0.2, -0.15) is 0 Å². The first-order valence-electron chi connectivity index (χ1n) is 11.0. The van der Waals surface area contributed by atoms with E-state index in [1.807, 2.05) is 61.5 Å². The van der Waals surface area contributed by atoms with Gasteiger partial charge in [-0.1, -0.05) is 66.2 Å². The number of carbonyl (C=O) groups is 3. The van der Waals surface area contributed by atoms with E-state index in [1.54, 1.807) is 18.0 Å². The van der Waals surface area contributed by atoms with Crippen LogP contribution in [0, 0.1) is 6.92 Å². The van der Waals surface area contributed by atoms with Crippen LogP contribution in [0.2, 0.25) is 0 Å². The second kappa shape index (κ2) is 9.32. The number of rotatable bonds is 7. The normalized spacial score (nSPS) is 18.7. The number of carbonyl (C=O) groups excluding carboxylic acids is 3. The van der Waals surface area contributed by atoms with Gasteiger partial charge in [0.1, 0.15) is 6.04 Å². The Morgan fingerprint density at radius 2 is 1.88 bits per heavy atom. The molecular weight excluding hydrogens is 416 g/mol. The van der Waals surface area contributed by atoms with Crippen LogP contribution in [0.15, 0.2) is 78.5 Å². The summed E-state index contributed by atoms with van der Waals surface area (Å²) in [5.74, 6) is -0.484. The Balaban J connectivity index is 1.73. The van der Waals surface area contributed by atoms with Gasteiger partial charge in [-0.05, 0) is 18.1 Å². The van der Waals surface area contributed by atoms with Crippen molar-refractivity contribution in [1.29, 1.82) is 0 Å². The number of nitrogens with zero attached hydrogens (tertiary/aromatic N) is 2. The fraction of sp³-hybridized carbons (Fsp3) is 0.269. The molecule has 2 heterocycles. The largest absolute Gasteiger partial charge is 0.357 e. The smallest absolute Gasteiger partial charge is 0.322 e. The van der Waals surface area contributed by atoms with Crippen molar-refractivity contribution in [2.75, 3.05) is 20.1 Å². The topological polar surface area (TPSA) is 81.8 Å². The molecule has 2 N–H and O–H groups in total. The Hall–Kier alpha value is -3.87. The third-order valence-corrected chi connectivity index (χ3v) is 6.17. The molecular formula is C26H28N4O3. The Bertz CT molecular complexity index is 1110. The maximum absolute atomic E-state index is 13.8. The Kier molecular flexibility index (Phi) is 6.31. The summed E-state index contributed by atoms with van der Waals surface area (Å²) in [4.78, 5) is 42.7. The van der Waals surface area contributed by atoms with Gasteiger partial charge in [0, 0.05) is 20.0 Å². The molecule has 170 valence electrons. The number of benzene rings is 2. The molecule has 0 aromatic heterocycles. The summed E-state index contributed by atoms with van der Waals surface area (Å²) in [6.45, 7) is 6.20. The summed E-state index contributed by atoms with van der Waals surface area (Å²) in [7, 11) is 1.57. The lowest BCUT2D eigenvalue weighted by molar-refractivity contribution is -0.136. The fourth-order valence-electron chi connectivity index (χ4n) is 4.44. The van der Waals surface area contributed by atoms with Gasteiger partial charge in [0.2, 0.25) is 5.91 Å². The number of amides is 4. The Morgan fingerprint density at radius 3 is 2.52 bits per heavy atom. The van der Waals surface area contributed by atoms with Crippen LogP contribution in [0.1, 0.15) is 22.7 Å². The summed E-state index contributed by atoms with van der Waals surface area (Å²) in [5.41, 5.74) is 3.99. The van der Waals surface area contributed by atoms with Crippen LogP contribution in [0.5, 0.6) is 0 Å². The van der Waals surface area contributed by atoms with Gasteiger partial charge in [-0.3, -0.25) is 14.5 Å². The third-order valence-electron chi connectivity index (χ3n) is 6.17. The van der Waals surface area contributed by atoms with E-state index in [4.69, 9.17) is 0 Å². The molecule has 4 amide bonds. The molecule has 0 unspecified atom stereocenters. The van der Waals surface area contributed by atoms with E-state index >= 15 is 0 Å². The zero-order valence-corrected chi connectivity index (χ0v) is 18.9. The standard InChI is InChI=1S/C26H28N4O3/c1-4-14-29-21-16-30(20(24(31)27-3)15-18-8-6-5-7-9-18)25(32)22(21)23(28-26(29)33)19-12-10-17(2)11-13-19/h4-13,20,23H,1,14-16H2,2-3H3,(H,27,31)(H,28,33)/t20-,23-/m0/s1. The number of hydrogen-bond acceptors (Lipinski definition) is 3. The molecule has 7 nitrogen and oxygen atoms in total. The second-order valence-electron chi connectivity index (χ2n) is 8.31. The molecule has 0 aliphatic carbocycles. The predicted molar refractivity (Wildman–Crippen MR) is 126 cm³/mol. The van der Waals surface area contributed by atoms with E-state index in [0.717, 1.165) is 16.7 Å². The minimum absolute atomic E-state index is 0.183. The molecule has 0 saturated carbocycles. The quantitative estimate of drug-likeness (QED) is 0.645. The fourth-order valence-corrected chi connectivity index (χ4v) is 4.44. The van der Waals surface area contributed by atoms with Crippen LogP contribution in [0.4, 0.5) is 4.79 Å². The lowest BCUT2D eigenvalue weighted by Gasteiger charge is -2.33. The number of nitrogens with one attached hydrogen (secondary N) is 2.